The van der Waals surface area contributed by atoms with Gasteiger partial charge in [0.05, 0.1) is 6.54 Å². The molecule has 1 fully saturated rings. The van der Waals surface area contributed by atoms with E-state index < -0.39 is 12.7 Å². The van der Waals surface area contributed by atoms with Gasteiger partial charge in [-0.2, -0.15) is 13.2 Å². The number of hydrogen-bond acceptors (Lipinski definition) is 4. The molecule has 1 aromatic carbocycles. The highest BCUT2D eigenvalue weighted by atomic mass is 127. The fraction of sp³-hybridized carbons (Fsp3) is 0.619. The molecule has 2 N–H and O–H groups in total. The SMILES string of the molecule is CN(C)C(=O)CN=C(NCCCN(C)c1ccccc1)NC1CCN(CC(F)(F)F)C1.I. The number of carbonyl (C=O) groups is 1. The number of benzene rings is 1. The van der Waals surface area contributed by atoms with Gasteiger partial charge in [0.25, 0.3) is 0 Å². The van der Waals surface area contributed by atoms with Crippen molar-refractivity contribution in [1.29, 1.82) is 0 Å². The molecule has 11 heteroatoms. The number of para-hydroxylation sites is 1. The molecule has 0 aromatic heterocycles. The Kier molecular flexibility index (Phi) is 12.1. The molecule has 0 aliphatic carbocycles. The smallest absolute Gasteiger partial charge is 0.375 e. The molecular formula is C21H34F3IN6O. The molecule has 32 heavy (non-hydrogen) atoms. The van der Waals surface area contributed by atoms with E-state index >= 15 is 0 Å². The topological polar surface area (TPSA) is 63.2 Å². The van der Waals surface area contributed by atoms with Gasteiger partial charge in [0, 0.05) is 59.1 Å². The van der Waals surface area contributed by atoms with Crippen LogP contribution in [0.1, 0.15) is 12.8 Å². The average Bonchev–Trinajstić information content (AvgIpc) is 3.14. The van der Waals surface area contributed by atoms with E-state index in [2.05, 4.69) is 20.5 Å². The molecule has 1 heterocycles. The van der Waals surface area contributed by atoms with Gasteiger partial charge in [-0.1, -0.05) is 18.2 Å². The van der Waals surface area contributed by atoms with Crippen molar-refractivity contribution in [3.05, 3.63) is 30.3 Å². The van der Waals surface area contributed by atoms with Crippen molar-refractivity contribution in [3.63, 3.8) is 0 Å². The van der Waals surface area contributed by atoms with E-state index in [9.17, 15) is 18.0 Å². The number of nitrogens with one attached hydrogen (secondary N) is 2. The standard InChI is InChI=1S/C21H33F3N6O.HI/c1-28(2)19(31)14-26-20(27-17-10-13-30(15-17)16-21(22,23)24)25-11-7-12-29(3)18-8-5-4-6-9-18;/h4-6,8-9,17H,7,10-16H2,1-3H3,(H2,25,26,27);1H. The van der Waals surface area contributed by atoms with Crippen molar-refractivity contribution in [3.8, 4) is 0 Å². The van der Waals surface area contributed by atoms with Crippen LogP contribution in [0.25, 0.3) is 0 Å². The predicted octanol–water partition coefficient (Wildman–Crippen LogP) is 2.39. The van der Waals surface area contributed by atoms with Gasteiger partial charge in [0.1, 0.15) is 6.54 Å². The summed E-state index contributed by atoms with van der Waals surface area (Å²) in [5, 5.41) is 6.40. The summed E-state index contributed by atoms with van der Waals surface area (Å²) in [6.07, 6.45) is -2.78. The van der Waals surface area contributed by atoms with Crippen LogP contribution in [-0.2, 0) is 4.79 Å². The molecule has 0 bridgehead atoms. The Labute approximate surface area is 205 Å². The Hall–Kier alpha value is -1.76. The Morgan fingerprint density at radius 3 is 2.53 bits per heavy atom. The molecule has 0 spiro atoms. The molecule has 2 rings (SSSR count). The average molecular weight is 570 g/mol. The lowest BCUT2D eigenvalue weighted by molar-refractivity contribution is -0.143. The van der Waals surface area contributed by atoms with Crippen LogP contribution in [0, 0.1) is 0 Å². The third kappa shape index (κ3) is 10.7. The minimum atomic E-state index is -4.20. The number of guanidine groups is 1. The summed E-state index contributed by atoms with van der Waals surface area (Å²) >= 11 is 0. The summed E-state index contributed by atoms with van der Waals surface area (Å²) in [4.78, 5) is 21.2. The number of aliphatic imine (C=N–C) groups is 1. The van der Waals surface area contributed by atoms with Gasteiger partial charge in [0.15, 0.2) is 5.96 Å². The first-order valence-corrected chi connectivity index (χ1v) is 10.4. The van der Waals surface area contributed by atoms with Crippen molar-refractivity contribution in [2.24, 2.45) is 4.99 Å². The maximum Gasteiger partial charge on any atom is 0.401 e. The minimum absolute atomic E-state index is 0. The summed E-state index contributed by atoms with van der Waals surface area (Å²) in [5.41, 5.74) is 1.13. The molecule has 1 saturated heterocycles. The van der Waals surface area contributed by atoms with Crippen molar-refractivity contribution in [2.45, 2.75) is 25.1 Å². The summed E-state index contributed by atoms with van der Waals surface area (Å²) in [6.45, 7) is 1.19. The molecule has 1 atom stereocenters. The number of nitrogens with zero attached hydrogens (tertiary/aromatic N) is 4. The number of halogens is 4. The van der Waals surface area contributed by atoms with Crippen molar-refractivity contribution >= 4 is 41.5 Å². The maximum atomic E-state index is 12.6. The van der Waals surface area contributed by atoms with Gasteiger partial charge >= 0.3 is 6.18 Å². The second-order valence-corrected chi connectivity index (χ2v) is 7.97. The second kappa shape index (κ2) is 13.7. The molecule has 7 nitrogen and oxygen atoms in total. The summed E-state index contributed by atoms with van der Waals surface area (Å²) in [5.74, 6) is 0.312. The number of likely N-dealkylation sites (N-methyl/N-ethyl adjacent to an activating group) is 1. The Bertz CT molecular complexity index is 717. The molecule has 1 unspecified atom stereocenters. The van der Waals surface area contributed by atoms with Gasteiger partial charge < -0.3 is 20.4 Å². The molecule has 1 aliphatic rings. The highest BCUT2D eigenvalue weighted by Crippen LogP contribution is 2.20. The Morgan fingerprint density at radius 1 is 1.22 bits per heavy atom. The van der Waals surface area contributed by atoms with E-state index in [1.165, 1.54) is 9.80 Å². The van der Waals surface area contributed by atoms with Gasteiger partial charge in [-0.25, -0.2) is 4.99 Å². The number of hydrogen-bond donors (Lipinski definition) is 2. The Morgan fingerprint density at radius 2 is 1.91 bits per heavy atom. The first-order valence-electron chi connectivity index (χ1n) is 10.4. The van der Waals surface area contributed by atoms with Crippen LogP contribution in [0.15, 0.2) is 35.3 Å². The highest BCUT2D eigenvalue weighted by molar-refractivity contribution is 14.0. The van der Waals surface area contributed by atoms with Crippen molar-refractivity contribution in [1.82, 2.24) is 20.4 Å². The fourth-order valence-corrected chi connectivity index (χ4v) is 3.32. The minimum Gasteiger partial charge on any atom is -0.375 e. The molecule has 1 aromatic rings. The van der Waals surface area contributed by atoms with Crippen LogP contribution in [0.2, 0.25) is 0 Å². The normalized spacial score (nSPS) is 16.9. The third-order valence-corrected chi connectivity index (χ3v) is 5.05. The van der Waals surface area contributed by atoms with E-state index in [1.807, 2.05) is 37.4 Å². The maximum absolute atomic E-state index is 12.6. The number of likely N-dealkylation sites (tertiary alicyclic amines) is 1. The van der Waals surface area contributed by atoms with Crippen LogP contribution < -0.4 is 15.5 Å². The lowest BCUT2D eigenvalue weighted by Gasteiger charge is -2.21. The van der Waals surface area contributed by atoms with Gasteiger partial charge in [-0.15, -0.1) is 24.0 Å². The quantitative estimate of drug-likeness (QED) is 0.207. The van der Waals surface area contributed by atoms with Crippen LogP contribution in [0.4, 0.5) is 18.9 Å². The lowest BCUT2D eigenvalue weighted by Crippen LogP contribution is -2.46. The first kappa shape index (κ1) is 28.3. The van der Waals surface area contributed by atoms with E-state index in [0.717, 1.165) is 18.7 Å². The zero-order valence-corrected chi connectivity index (χ0v) is 21.2. The number of alkyl halides is 3. The van der Waals surface area contributed by atoms with E-state index in [4.69, 9.17) is 0 Å². The largest absolute Gasteiger partial charge is 0.401 e. The lowest BCUT2D eigenvalue weighted by atomic mass is 10.2. The second-order valence-electron chi connectivity index (χ2n) is 7.97. The number of anilines is 1. The fourth-order valence-electron chi connectivity index (χ4n) is 3.32. The zero-order valence-electron chi connectivity index (χ0n) is 18.9. The van der Waals surface area contributed by atoms with Crippen molar-refractivity contribution in [2.75, 3.05) is 65.3 Å². The van der Waals surface area contributed by atoms with Gasteiger partial charge in [-0.05, 0) is 25.0 Å². The molecule has 1 amide bonds. The molecular weight excluding hydrogens is 536 g/mol. The van der Waals surface area contributed by atoms with E-state index in [1.54, 1.807) is 14.1 Å². The predicted molar refractivity (Wildman–Crippen MR) is 133 cm³/mol. The molecule has 0 radical (unpaired) electrons. The number of amides is 1. The van der Waals surface area contributed by atoms with Gasteiger partial charge in [0.2, 0.25) is 5.91 Å². The van der Waals surface area contributed by atoms with Crippen LogP contribution in [0.3, 0.4) is 0 Å². The monoisotopic (exact) mass is 570 g/mol. The zero-order chi connectivity index (χ0) is 22.9. The van der Waals surface area contributed by atoms with E-state index in [-0.39, 0.29) is 42.5 Å². The number of carbonyl (C=O) groups excluding carboxylic acids is 1. The summed E-state index contributed by atoms with van der Waals surface area (Å²) < 4.78 is 37.9. The van der Waals surface area contributed by atoms with E-state index in [0.29, 0.717) is 32.0 Å². The molecule has 1 aliphatic heterocycles. The highest BCUT2D eigenvalue weighted by Gasteiger charge is 2.34. The molecule has 0 saturated carbocycles. The summed E-state index contributed by atoms with van der Waals surface area (Å²) in [7, 11) is 5.33. The third-order valence-electron chi connectivity index (χ3n) is 5.05. The van der Waals surface area contributed by atoms with Gasteiger partial charge in [-0.3, -0.25) is 9.69 Å². The summed E-state index contributed by atoms with van der Waals surface area (Å²) in [6, 6.07) is 9.90. The van der Waals surface area contributed by atoms with Crippen LogP contribution in [-0.4, -0.2) is 94.3 Å². The van der Waals surface area contributed by atoms with Crippen LogP contribution >= 0.6 is 24.0 Å². The van der Waals surface area contributed by atoms with Crippen molar-refractivity contribution < 1.29 is 18.0 Å². The molecule has 182 valence electrons. The number of rotatable bonds is 9. The Balaban J connectivity index is 0.00000512. The first-order chi connectivity index (χ1) is 14.6. The van der Waals surface area contributed by atoms with Crippen LogP contribution in [0.5, 0.6) is 0 Å².